The molecule has 15 saturated carbocycles. The first kappa shape index (κ1) is 38.5. The van der Waals surface area contributed by atoms with Crippen LogP contribution in [-0.2, 0) is 0 Å². The van der Waals surface area contributed by atoms with Crippen LogP contribution in [0.5, 0.6) is 0 Å². The summed E-state index contributed by atoms with van der Waals surface area (Å²) in [6, 6.07) is 0. The summed E-state index contributed by atoms with van der Waals surface area (Å²) >= 11 is 0. The van der Waals surface area contributed by atoms with Crippen LogP contribution in [0, 0.1) is 101 Å². The van der Waals surface area contributed by atoms with Crippen molar-refractivity contribution in [2.45, 2.75) is 267 Å². The Bertz CT molecular complexity index is 1240. The van der Waals surface area contributed by atoms with E-state index in [2.05, 4.69) is 20.8 Å². The van der Waals surface area contributed by atoms with Crippen molar-refractivity contribution in [1.82, 2.24) is 0 Å². The molecule has 0 nitrogen and oxygen atoms in total. The molecule has 13 atom stereocenters. The number of fused-ring (bicyclic) bond motifs is 6. The zero-order valence-electron chi connectivity index (χ0n) is 46.9. The second kappa shape index (κ2) is 24.7. The molecule has 0 saturated heterocycles. The van der Waals surface area contributed by atoms with Gasteiger partial charge >= 0.3 is 0 Å². The molecule has 338 valence electrons. The Kier molecular flexibility index (Phi) is 16.4. The Balaban J connectivity index is 0.000000126. The minimum Gasteiger partial charge on any atom is -0.0651 e. The molecule has 0 aromatic rings. The van der Waals surface area contributed by atoms with Gasteiger partial charge in [-0.15, -0.1) is 0 Å². The molecule has 0 aromatic carbocycles. The summed E-state index contributed by atoms with van der Waals surface area (Å²) in [6.45, 7) is 14.3. The summed E-state index contributed by atoms with van der Waals surface area (Å²) in [5.41, 5.74) is 0. The van der Waals surface area contributed by atoms with Gasteiger partial charge in [0.05, 0.1) is 0 Å². The third kappa shape index (κ3) is 12.8. The zero-order valence-corrected chi connectivity index (χ0v) is 39.9. The largest absolute Gasteiger partial charge is 0.0651 e. The van der Waals surface area contributed by atoms with Crippen molar-refractivity contribution in [2.75, 3.05) is 0 Å². The van der Waals surface area contributed by atoms with Crippen LogP contribution in [-0.4, -0.2) is 0 Å². The Morgan fingerprint density at radius 3 is 0.879 bits per heavy atom. The number of hydrogen-bond donors (Lipinski definition) is 0. The summed E-state index contributed by atoms with van der Waals surface area (Å²) in [6.07, 6.45) is 39.3. The molecule has 0 heteroatoms. The van der Waals surface area contributed by atoms with E-state index in [0.717, 1.165) is 94.7 Å². The molecule has 13 unspecified atom stereocenters. The van der Waals surface area contributed by atoms with Crippen molar-refractivity contribution < 1.29 is 9.60 Å². The summed E-state index contributed by atoms with van der Waals surface area (Å²) in [5.74, 6) is 15.1. The van der Waals surface area contributed by atoms with Crippen LogP contribution in [0.2, 0.25) is 0 Å². The van der Waals surface area contributed by atoms with Gasteiger partial charge in [-0.1, -0.05) is 170 Å². The third-order valence-electron chi connectivity index (χ3n) is 19.6. The molecule has 0 aromatic heterocycles. The van der Waals surface area contributed by atoms with E-state index in [1.165, 1.54) is 173 Å². The van der Waals surface area contributed by atoms with E-state index >= 15 is 0 Å². The van der Waals surface area contributed by atoms with Crippen molar-refractivity contribution in [3.8, 4) is 0 Å². The molecular formula is C58H106. The number of rotatable bonds is 7. The molecule has 15 aliphatic rings. The predicted molar refractivity (Wildman–Crippen MR) is 256 cm³/mol. The Morgan fingerprint density at radius 1 is 0.276 bits per heavy atom. The molecule has 10 bridgehead atoms. The van der Waals surface area contributed by atoms with Gasteiger partial charge in [0, 0.05) is 9.60 Å². The molecule has 0 heterocycles. The van der Waals surface area contributed by atoms with Gasteiger partial charge in [0.2, 0.25) is 0 Å². The first-order valence-corrected chi connectivity index (χ1v) is 27.0. The first-order valence-electron chi connectivity index (χ1n) is 31.0. The minimum atomic E-state index is 0.179. The maximum Gasteiger partial charge on any atom is 0.0267 e. The van der Waals surface area contributed by atoms with Crippen molar-refractivity contribution in [1.29, 1.82) is 0 Å². The Hall–Kier alpha value is 0. The van der Waals surface area contributed by atoms with E-state index in [0.29, 0.717) is 5.92 Å². The minimum absolute atomic E-state index is 0.179. The monoisotopic (exact) mass is 810 g/mol. The second-order valence-corrected chi connectivity index (χ2v) is 22.6. The molecule has 0 N–H and O–H groups in total. The fourth-order valence-corrected chi connectivity index (χ4v) is 15.3. The maximum atomic E-state index is 7.68. The highest BCUT2D eigenvalue weighted by molar-refractivity contribution is 5.00. The SMILES string of the molecule is [2H]C(C)C1C2CC1C2.[2H]C(C)C1C2CCC1C2.[2H]C(C)C1C2CCC1CC2.[2H]C(C)C1CC2CC1C2.[2H]C(C)C1CC2CCC1C2.[2H]C(C)C1CCCCC1.[2H]C(C)C1CCCCCC1. The van der Waals surface area contributed by atoms with E-state index in [1.807, 2.05) is 27.7 Å². The van der Waals surface area contributed by atoms with E-state index < -0.39 is 0 Å². The molecule has 15 fully saturated rings. The fraction of sp³-hybridized carbons (Fsp3) is 1.00. The summed E-state index contributed by atoms with van der Waals surface area (Å²) < 4.78 is 52.8. The lowest BCUT2D eigenvalue weighted by Gasteiger charge is -2.58. The van der Waals surface area contributed by atoms with Crippen LogP contribution in [0.4, 0.5) is 0 Å². The second-order valence-electron chi connectivity index (χ2n) is 22.6. The zero-order chi connectivity index (χ0) is 46.9. The van der Waals surface area contributed by atoms with E-state index in [1.54, 1.807) is 0 Å². The summed E-state index contributed by atoms with van der Waals surface area (Å²) in [7, 11) is 0. The topological polar surface area (TPSA) is 0 Å². The maximum absolute atomic E-state index is 7.68. The Labute approximate surface area is 375 Å². The standard InChI is InChI=1S/2C9H16.C9H18.2C8H14.C8H16.C7H12/c1-2-8-5-7-3-4-9(8)6-7;1-2-9-7-3-4-8(9)6-5-7;1-2-9-7-5-3-4-6-8-9;1-2-7-3-6-4-8(7)5-6;1-2-8-6-3-4-7(8)5-6;1-2-8-6-4-3-5-7-8;1-2-7-5-3-6(7)4-5/h2*7-9H,2-6H2,1H3;9H,2-8H2,1H3;2*6-8H,2-5H2,1H3;8H,2-7H2,1H3;5-7H,2-4H2,1H3/i7*2D. The predicted octanol–water partition coefficient (Wildman–Crippen LogP) is 18.9. The van der Waals surface area contributed by atoms with Crippen LogP contribution in [0.1, 0.15) is 276 Å². The van der Waals surface area contributed by atoms with Crippen LogP contribution >= 0.6 is 0 Å². The normalized spacial score (nSPS) is 48.3. The van der Waals surface area contributed by atoms with Gasteiger partial charge in [0.1, 0.15) is 0 Å². The van der Waals surface area contributed by atoms with Crippen LogP contribution in [0.3, 0.4) is 0 Å². The molecule has 15 aliphatic carbocycles. The molecule has 0 spiro atoms. The fourth-order valence-electron chi connectivity index (χ4n) is 15.3. The highest BCUT2D eigenvalue weighted by Crippen LogP contribution is 2.60. The van der Waals surface area contributed by atoms with Crippen molar-refractivity contribution in [2.24, 2.45) is 101 Å². The lowest BCUT2D eigenvalue weighted by atomic mass is 9.47. The van der Waals surface area contributed by atoms with Gasteiger partial charge in [0.25, 0.3) is 0 Å². The van der Waals surface area contributed by atoms with Gasteiger partial charge in [-0.05, 0) is 197 Å². The summed E-state index contributed by atoms with van der Waals surface area (Å²) in [4.78, 5) is 0. The van der Waals surface area contributed by atoms with E-state index in [4.69, 9.17) is 9.60 Å². The van der Waals surface area contributed by atoms with Gasteiger partial charge in [-0.3, -0.25) is 0 Å². The molecule has 0 amide bonds. The quantitative estimate of drug-likeness (QED) is 0.225. The van der Waals surface area contributed by atoms with Gasteiger partial charge in [-0.25, -0.2) is 0 Å². The van der Waals surface area contributed by atoms with Crippen LogP contribution in [0.25, 0.3) is 0 Å². The van der Waals surface area contributed by atoms with Crippen molar-refractivity contribution >= 4 is 0 Å². The molecule has 0 radical (unpaired) electrons. The number of hydrogen-bond acceptors (Lipinski definition) is 0. The Morgan fingerprint density at radius 2 is 0.638 bits per heavy atom. The van der Waals surface area contributed by atoms with Gasteiger partial charge in [0.15, 0.2) is 0 Å². The molecular weight excluding hydrogens is 697 g/mol. The van der Waals surface area contributed by atoms with Gasteiger partial charge in [-0.2, -0.15) is 0 Å². The molecule has 0 aliphatic heterocycles. The van der Waals surface area contributed by atoms with E-state index in [-0.39, 0.29) is 44.8 Å². The average molecular weight is 811 g/mol. The summed E-state index contributed by atoms with van der Waals surface area (Å²) in [5, 5.41) is 0. The molecule has 15 rings (SSSR count). The van der Waals surface area contributed by atoms with Gasteiger partial charge < -0.3 is 0 Å². The van der Waals surface area contributed by atoms with Crippen molar-refractivity contribution in [3.05, 3.63) is 0 Å². The molecule has 58 heavy (non-hydrogen) atoms. The average Bonchev–Trinajstić information content (AvgIpc) is 4.07. The van der Waals surface area contributed by atoms with Crippen LogP contribution in [0.15, 0.2) is 0 Å². The lowest BCUT2D eigenvalue weighted by molar-refractivity contribution is -0.0819. The first-order chi connectivity index (χ1) is 31.0. The van der Waals surface area contributed by atoms with Crippen LogP contribution < -0.4 is 0 Å². The highest BCUT2D eigenvalue weighted by atomic mass is 14.6. The highest BCUT2D eigenvalue weighted by Gasteiger charge is 2.50. The third-order valence-corrected chi connectivity index (χ3v) is 19.6. The van der Waals surface area contributed by atoms with Crippen molar-refractivity contribution in [3.63, 3.8) is 0 Å². The van der Waals surface area contributed by atoms with E-state index in [9.17, 15) is 0 Å². The lowest BCUT2D eigenvalue weighted by Crippen LogP contribution is -2.49. The smallest absolute Gasteiger partial charge is 0.0267 e.